The molecule has 0 fully saturated rings. The Bertz CT molecular complexity index is 1040. The predicted octanol–water partition coefficient (Wildman–Crippen LogP) is 3.79. The molecule has 0 aliphatic rings. The van der Waals surface area contributed by atoms with Crippen molar-refractivity contribution in [3.63, 3.8) is 0 Å². The molecule has 1 heterocycles. The number of carbonyl (C=O) groups excluding carboxylic acids is 1. The van der Waals surface area contributed by atoms with Crippen molar-refractivity contribution in [2.24, 2.45) is 0 Å². The molecule has 1 aromatic heterocycles. The quantitative estimate of drug-likeness (QED) is 0.721. The van der Waals surface area contributed by atoms with E-state index in [-0.39, 0.29) is 22.1 Å². The van der Waals surface area contributed by atoms with E-state index in [0.29, 0.717) is 10.9 Å². The van der Waals surface area contributed by atoms with E-state index in [9.17, 15) is 13.2 Å². The van der Waals surface area contributed by atoms with Crippen LogP contribution in [-0.2, 0) is 14.6 Å². The first-order valence-electron chi connectivity index (χ1n) is 7.96. The first-order valence-corrected chi connectivity index (χ1v) is 9.44. The van der Waals surface area contributed by atoms with Crippen molar-refractivity contribution in [1.29, 1.82) is 0 Å². The highest BCUT2D eigenvalue weighted by molar-refractivity contribution is 7.91. The lowest BCUT2D eigenvalue weighted by atomic mass is 10.2. The molecule has 0 atom stereocenters. The molecule has 0 aliphatic heterocycles. The third-order valence-corrected chi connectivity index (χ3v) is 5.73. The summed E-state index contributed by atoms with van der Waals surface area (Å²) >= 11 is 0. The van der Waals surface area contributed by atoms with E-state index in [1.165, 1.54) is 0 Å². The van der Waals surface area contributed by atoms with Crippen molar-refractivity contribution in [3.8, 4) is 0 Å². The standard InChI is InChI=1S/C19H19NO4S/c1-4-24-19(21)17-18(15-7-5-6-8-16(15)20-17)25(22,23)14-10-12(2)9-13(3)11-14/h5-11,20H,4H2,1-3H3. The molecule has 0 unspecified atom stereocenters. The van der Waals surface area contributed by atoms with Crippen molar-refractivity contribution in [2.75, 3.05) is 6.61 Å². The molecule has 1 N–H and O–H groups in total. The first-order chi connectivity index (χ1) is 11.8. The summed E-state index contributed by atoms with van der Waals surface area (Å²) < 4.78 is 31.7. The molecule has 0 saturated carbocycles. The van der Waals surface area contributed by atoms with Crippen molar-refractivity contribution >= 4 is 26.7 Å². The van der Waals surface area contributed by atoms with Gasteiger partial charge in [-0.05, 0) is 50.1 Å². The number of esters is 1. The van der Waals surface area contributed by atoms with Gasteiger partial charge in [0, 0.05) is 10.9 Å². The summed E-state index contributed by atoms with van der Waals surface area (Å²) in [5.41, 5.74) is 2.22. The zero-order chi connectivity index (χ0) is 18.2. The Morgan fingerprint density at radius 3 is 2.36 bits per heavy atom. The third kappa shape index (κ3) is 3.05. The van der Waals surface area contributed by atoms with Gasteiger partial charge in [0.25, 0.3) is 0 Å². The second kappa shape index (κ2) is 6.37. The maximum Gasteiger partial charge on any atom is 0.356 e. The minimum Gasteiger partial charge on any atom is -0.461 e. The smallest absolute Gasteiger partial charge is 0.356 e. The van der Waals surface area contributed by atoms with Crippen LogP contribution in [0.3, 0.4) is 0 Å². The van der Waals surface area contributed by atoms with Crippen LogP contribution < -0.4 is 0 Å². The van der Waals surface area contributed by atoms with Crippen LogP contribution >= 0.6 is 0 Å². The van der Waals surface area contributed by atoms with Crippen LogP contribution in [0, 0.1) is 13.8 Å². The summed E-state index contributed by atoms with van der Waals surface area (Å²) in [6.45, 7) is 5.52. The van der Waals surface area contributed by atoms with Gasteiger partial charge in [-0.25, -0.2) is 13.2 Å². The minimum absolute atomic E-state index is 0.0356. The van der Waals surface area contributed by atoms with Gasteiger partial charge in [-0.3, -0.25) is 0 Å². The molecule has 0 saturated heterocycles. The molecule has 0 radical (unpaired) electrons. The van der Waals surface area contributed by atoms with Gasteiger partial charge in [0.1, 0.15) is 10.6 Å². The number of ether oxygens (including phenoxy) is 1. The van der Waals surface area contributed by atoms with E-state index in [1.807, 2.05) is 19.9 Å². The Labute approximate surface area is 146 Å². The number of para-hydroxylation sites is 1. The summed E-state index contributed by atoms with van der Waals surface area (Å²) in [4.78, 5) is 15.4. The van der Waals surface area contributed by atoms with E-state index in [0.717, 1.165) is 11.1 Å². The molecule has 2 aromatic carbocycles. The number of carbonyl (C=O) groups is 1. The number of H-pyrrole nitrogens is 1. The molecule has 5 nitrogen and oxygen atoms in total. The topological polar surface area (TPSA) is 76.2 Å². The Balaban J connectivity index is 2.32. The predicted molar refractivity (Wildman–Crippen MR) is 95.6 cm³/mol. The summed E-state index contributed by atoms with van der Waals surface area (Å²) in [5, 5.41) is 0.477. The zero-order valence-corrected chi connectivity index (χ0v) is 15.1. The molecular weight excluding hydrogens is 338 g/mol. The van der Waals surface area contributed by atoms with Gasteiger partial charge in [-0.2, -0.15) is 0 Å². The van der Waals surface area contributed by atoms with Gasteiger partial charge in [0.05, 0.1) is 11.5 Å². The molecule has 6 heteroatoms. The maximum atomic E-state index is 13.3. The number of aryl methyl sites for hydroxylation is 2. The highest BCUT2D eigenvalue weighted by Crippen LogP contribution is 2.33. The molecule has 25 heavy (non-hydrogen) atoms. The number of sulfone groups is 1. The molecular formula is C19H19NO4S. The first kappa shape index (κ1) is 17.2. The maximum absolute atomic E-state index is 13.3. The van der Waals surface area contributed by atoms with Crippen LogP contribution in [0.15, 0.2) is 52.3 Å². The lowest BCUT2D eigenvalue weighted by Crippen LogP contribution is -2.12. The fourth-order valence-corrected chi connectivity index (χ4v) is 4.74. The van der Waals surface area contributed by atoms with Crippen LogP contribution in [-0.4, -0.2) is 26.0 Å². The largest absolute Gasteiger partial charge is 0.461 e. The summed E-state index contributed by atoms with van der Waals surface area (Å²) in [5.74, 6) is -0.679. The average Bonchev–Trinajstić information content (AvgIpc) is 2.94. The van der Waals surface area contributed by atoms with Crippen molar-refractivity contribution < 1.29 is 17.9 Å². The number of benzene rings is 2. The van der Waals surface area contributed by atoms with E-state index < -0.39 is 15.8 Å². The number of aromatic amines is 1. The van der Waals surface area contributed by atoms with E-state index >= 15 is 0 Å². The highest BCUT2D eigenvalue weighted by atomic mass is 32.2. The second-order valence-corrected chi connectivity index (χ2v) is 7.81. The van der Waals surface area contributed by atoms with Crippen LogP contribution in [0.1, 0.15) is 28.5 Å². The van der Waals surface area contributed by atoms with E-state index in [2.05, 4.69) is 4.98 Å². The van der Waals surface area contributed by atoms with E-state index in [1.54, 1.807) is 43.3 Å². The van der Waals surface area contributed by atoms with E-state index in [4.69, 9.17) is 4.74 Å². The lowest BCUT2D eigenvalue weighted by molar-refractivity contribution is 0.0516. The Morgan fingerprint density at radius 1 is 1.08 bits per heavy atom. The summed E-state index contributed by atoms with van der Waals surface area (Å²) in [6, 6.07) is 12.1. The van der Waals surface area contributed by atoms with Crippen LogP contribution in [0.4, 0.5) is 0 Å². The van der Waals surface area contributed by atoms with Crippen LogP contribution in [0.2, 0.25) is 0 Å². The Hall–Kier alpha value is -2.60. The van der Waals surface area contributed by atoms with Crippen molar-refractivity contribution in [1.82, 2.24) is 4.98 Å². The van der Waals surface area contributed by atoms with Gasteiger partial charge < -0.3 is 9.72 Å². The fourth-order valence-electron chi connectivity index (χ4n) is 2.95. The number of aromatic nitrogens is 1. The third-order valence-electron chi connectivity index (χ3n) is 3.91. The molecule has 0 spiro atoms. The highest BCUT2D eigenvalue weighted by Gasteiger charge is 2.30. The lowest BCUT2D eigenvalue weighted by Gasteiger charge is -2.09. The van der Waals surface area contributed by atoms with Crippen LogP contribution in [0.5, 0.6) is 0 Å². The molecule has 130 valence electrons. The van der Waals surface area contributed by atoms with Crippen LogP contribution in [0.25, 0.3) is 10.9 Å². The number of rotatable bonds is 4. The summed E-state index contributed by atoms with van der Waals surface area (Å²) in [6.07, 6.45) is 0. The van der Waals surface area contributed by atoms with Crippen molar-refractivity contribution in [3.05, 3.63) is 59.3 Å². The van der Waals surface area contributed by atoms with Gasteiger partial charge in [-0.1, -0.05) is 24.3 Å². The van der Waals surface area contributed by atoms with Gasteiger partial charge in [0.2, 0.25) is 9.84 Å². The van der Waals surface area contributed by atoms with Crippen molar-refractivity contribution in [2.45, 2.75) is 30.6 Å². The van der Waals surface area contributed by atoms with Gasteiger partial charge in [-0.15, -0.1) is 0 Å². The summed E-state index contributed by atoms with van der Waals surface area (Å²) in [7, 11) is -3.89. The molecule has 3 rings (SSSR count). The molecule has 3 aromatic rings. The molecule has 0 amide bonds. The number of nitrogens with one attached hydrogen (secondary N) is 1. The zero-order valence-electron chi connectivity index (χ0n) is 14.3. The molecule has 0 aliphatic carbocycles. The second-order valence-electron chi connectivity index (χ2n) is 5.92. The fraction of sp³-hybridized carbons (Fsp3) is 0.211. The SMILES string of the molecule is CCOC(=O)c1[nH]c2ccccc2c1S(=O)(=O)c1cc(C)cc(C)c1. The monoisotopic (exact) mass is 357 g/mol. The van der Waals surface area contributed by atoms with Gasteiger partial charge in [0.15, 0.2) is 0 Å². The minimum atomic E-state index is -3.89. The number of hydrogen-bond donors (Lipinski definition) is 1. The normalized spacial score (nSPS) is 11.6. The Morgan fingerprint density at radius 2 is 1.72 bits per heavy atom. The average molecular weight is 357 g/mol. The molecule has 0 bridgehead atoms. The Kier molecular flexibility index (Phi) is 4.39. The number of hydrogen-bond acceptors (Lipinski definition) is 4. The number of fused-ring (bicyclic) bond motifs is 1. The van der Waals surface area contributed by atoms with Gasteiger partial charge >= 0.3 is 5.97 Å².